The molecule has 1 aromatic heterocycles. The standard InChI is InChI=1S/C9H12ClNOS.ClH/c1-2-12-6-5-11-7-8-3-4-9(10)13-8;/h2-4,11H,1,5-7H2;1H. The fraction of sp³-hybridized carbons (Fsp3) is 0.333. The third-order valence-corrected chi connectivity index (χ3v) is 2.79. The molecule has 1 aromatic rings. The lowest BCUT2D eigenvalue weighted by atomic mass is 10.4. The van der Waals surface area contributed by atoms with Crippen LogP contribution < -0.4 is 17.7 Å². The first-order valence-corrected chi connectivity index (χ1v) is 5.31. The van der Waals surface area contributed by atoms with Crippen molar-refractivity contribution in [2.75, 3.05) is 13.2 Å². The maximum Gasteiger partial charge on any atom is 0.136 e. The second-order valence-electron chi connectivity index (χ2n) is 2.52. The lowest BCUT2D eigenvalue weighted by Crippen LogP contribution is -3.00. The van der Waals surface area contributed by atoms with Crippen LogP contribution in [-0.2, 0) is 11.3 Å². The van der Waals surface area contributed by atoms with Crippen molar-refractivity contribution in [3.05, 3.63) is 34.2 Å². The number of nitrogens with two attached hydrogens (primary N) is 1. The van der Waals surface area contributed by atoms with Crippen molar-refractivity contribution >= 4 is 22.9 Å². The van der Waals surface area contributed by atoms with Crippen LogP contribution in [0.1, 0.15) is 4.88 Å². The third kappa shape index (κ3) is 5.50. The summed E-state index contributed by atoms with van der Waals surface area (Å²) in [5.41, 5.74) is 0. The highest BCUT2D eigenvalue weighted by molar-refractivity contribution is 7.16. The van der Waals surface area contributed by atoms with Crippen molar-refractivity contribution in [3.63, 3.8) is 0 Å². The zero-order valence-electron chi connectivity index (χ0n) is 7.71. The summed E-state index contributed by atoms with van der Waals surface area (Å²) in [6.07, 6.45) is 1.47. The molecule has 0 saturated heterocycles. The molecule has 0 saturated carbocycles. The Morgan fingerprint density at radius 2 is 2.36 bits per heavy atom. The van der Waals surface area contributed by atoms with Crippen molar-refractivity contribution < 1.29 is 22.5 Å². The van der Waals surface area contributed by atoms with Crippen molar-refractivity contribution in [3.8, 4) is 0 Å². The van der Waals surface area contributed by atoms with E-state index in [1.165, 1.54) is 11.1 Å². The molecule has 0 aromatic carbocycles. The van der Waals surface area contributed by atoms with Gasteiger partial charge in [-0.15, -0.1) is 11.3 Å². The number of thiophene rings is 1. The van der Waals surface area contributed by atoms with Crippen LogP contribution in [-0.4, -0.2) is 13.2 Å². The molecule has 0 radical (unpaired) electrons. The van der Waals surface area contributed by atoms with Crippen LogP contribution in [0.4, 0.5) is 0 Å². The van der Waals surface area contributed by atoms with Gasteiger partial charge < -0.3 is 22.5 Å². The molecule has 80 valence electrons. The van der Waals surface area contributed by atoms with E-state index in [0.717, 1.165) is 17.4 Å². The normalized spacial score (nSPS) is 9.21. The van der Waals surface area contributed by atoms with Gasteiger partial charge in [0.1, 0.15) is 19.7 Å². The van der Waals surface area contributed by atoms with Crippen molar-refractivity contribution in [2.24, 2.45) is 0 Å². The van der Waals surface area contributed by atoms with Crippen LogP contribution >= 0.6 is 22.9 Å². The first kappa shape index (κ1) is 13.8. The summed E-state index contributed by atoms with van der Waals surface area (Å²) in [5.74, 6) is 0. The second kappa shape index (κ2) is 8.12. The van der Waals surface area contributed by atoms with Crippen LogP contribution in [0.5, 0.6) is 0 Å². The van der Waals surface area contributed by atoms with Gasteiger partial charge in [0.2, 0.25) is 0 Å². The van der Waals surface area contributed by atoms with Crippen molar-refractivity contribution in [1.29, 1.82) is 0 Å². The molecule has 1 rings (SSSR count). The molecule has 2 nitrogen and oxygen atoms in total. The second-order valence-corrected chi connectivity index (χ2v) is 4.32. The van der Waals surface area contributed by atoms with Crippen LogP contribution in [0.2, 0.25) is 4.34 Å². The van der Waals surface area contributed by atoms with Gasteiger partial charge >= 0.3 is 0 Å². The van der Waals surface area contributed by atoms with E-state index in [2.05, 4.69) is 18.0 Å². The zero-order valence-corrected chi connectivity index (χ0v) is 10.0. The van der Waals surface area contributed by atoms with Crippen molar-refractivity contribution in [2.45, 2.75) is 6.54 Å². The predicted octanol–water partition coefficient (Wildman–Crippen LogP) is -1.37. The van der Waals surface area contributed by atoms with Crippen LogP contribution in [0.3, 0.4) is 0 Å². The van der Waals surface area contributed by atoms with Gasteiger partial charge in [0.15, 0.2) is 0 Å². The lowest BCUT2D eigenvalue weighted by Gasteiger charge is -1.99. The van der Waals surface area contributed by atoms with Crippen LogP contribution in [0, 0.1) is 0 Å². The van der Waals surface area contributed by atoms with Gasteiger partial charge in [0.25, 0.3) is 0 Å². The SMILES string of the molecule is C=COCC[NH2+]Cc1ccc(Cl)s1.[Cl-]. The fourth-order valence-electron chi connectivity index (χ4n) is 0.940. The lowest BCUT2D eigenvalue weighted by molar-refractivity contribution is -0.671. The monoisotopic (exact) mass is 253 g/mol. The Labute approximate surface area is 99.3 Å². The van der Waals surface area contributed by atoms with Gasteiger partial charge in [-0.3, -0.25) is 0 Å². The number of hydrogen-bond acceptors (Lipinski definition) is 2. The summed E-state index contributed by atoms with van der Waals surface area (Å²) in [6, 6.07) is 3.98. The van der Waals surface area contributed by atoms with Gasteiger partial charge in [-0.25, -0.2) is 0 Å². The average molecular weight is 254 g/mol. The fourth-order valence-corrected chi connectivity index (χ4v) is 2.02. The van der Waals surface area contributed by atoms with E-state index >= 15 is 0 Å². The Morgan fingerprint density at radius 3 is 2.93 bits per heavy atom. The topological polar surface area (TPSA) is 25.8 Å². The van der Waals surface area contributed by atoms with Gasteiger partial charge in [0.05, 0.1) is 15.5 Å². The van der Waals surface area contributed by atoms with Gasteiger partial charge in [-0.2, -0.15) is 0 Å². The van der Waals surface area contributed by atoms with E-state index in [9.17, 15) is 0 Å². The van der Waals surface area contributed by atoms with Gasteiger partial charge in [-0.1, -0.05) is 18.2 Å². The highest BCUT2D eigenvalue weighted by Crippen LogP contribution is 2.20. The molecule has 2 N–H and O–H groups in total. The number of hydrogen-bond donors (Lipinski definition) is 1. The minimum absolute atomic E-state index is 0. The van der Waals surface area contributed by atoms with Gasteiger partial charge in [-0.05, 0) is 12.1 Å². The van der Waals surface area contributed by atoms with E-state index in [1.54, 1.807) is 11.3 Å². The average Bonchev–Trinajstić information content (AvgIpc) is 2.51. The molecule has 0 bridgehead atoms. The molecular formula is C9H13Cl2NOS. The molecule has 0 spiro atoms. The summed E-state index contributed by atoms with van der Waals surface area (Å²) in [4.78, 5) is 1.30. The first-order chi connectivity index (χ1) is 6.33. The van der Waals surface area contributed by atoms with Crippen LogP contribution in [0.15, 0.2) is 25.0 Å². The molecule has 14 heavy (non-hydrogen) atoms. The number of ether oxygens (including phenoxy) is 1. The Bertz CT molecular complexity index is 265. The molecule has 1 heterocycles. The summed E-state index contributed by atoms with van der Waals surface area (Å²) >= 11 is 7.41. The Morgan fingerprint density at radius 1 is 1.57 bits per heavy atom. The smallest absolute Gasteiger partial charge is 0.136 e. The number of rotatable bonds is 6. The van der Waals surface area contributed by atoms with E-state index < -0.39 is 0 Å². The minimum Gasteiger partial charge on any atom is -1.00 e. The first-order valence-electron chi connectivity index (χ1n) is 4.11. The molecule has 0 aliphatic carbocycles. The van der Waals surface area contributed by atoms with Crippen LogP contribution in [0.25, 0.3) is 0 Å². The molecular weight excluding hydrogens is 241 g/mol. The van der Waals surface area contributed by atoms with E-state index in [0.29, 0.717) is 6.61 Å². The highest BCUT2D eigenvalue weighted by atomic mass is 35.5. The van der Waals surface area contributed by atoms with E-state index in [4.69, 9.17) is 16.3 Å². The largest absolute Gasteiger partial charge is 1.00 e. The Balaban J connectivity index is 0.00000169. The predicted molar refractivity (Wildman–Crippen MR) is 56.0 cm³/mol. The number of quaternary nitrogens is 1. The summed E-state index contributed by atoms with van der Waals surface area (Å²) in [5, 5.41) is 2.19. The molecule has 0 aliphatic rings. The molecule has 0 fully saturated rings. The molecule has 0 aliphatic heterocycles. The maximum absolute atomic E-state index is 5.79. The van der Waals surface area contributed by atoms with E-state index in [1.807, 2.05) is 6.07 Å². The van der Waals surface area contributed by atoms with E-state index in [-0.39, 0.29) is 12.4 Å². The minimum atomic E-state index is 0. The van der Waals surface area contributed by atoms with Gasteiger partial charge in [0, 0.05) is 0 Å². The Kier molecular flexibility index (Phi) is 7.99. The summed E-state index contributed by atoms with van der Waals surface area (Å²) in [6.45, 7) is 6.10. The number of halogens is 2. The summed E-state index contributed by atoms with van der Waals surface area (Å²) in [7, 11) is 0. The Hall–Kier alpha value is -0.220. The maximum atomic E-state index is 5.79. The third-order valence-electron chi connectivity index (χ3n) is 1.53. The zero-order chi connectivity index (χ0) is 9.52. The quantitative estimate of drug-likeness (QED) is 0.492. The highest BCUT2D eigenvalue weighted by Gasteiger charge is 1.98. The molecule has 0 unspecified atom stereocenters. The molecule has 0 atom stereocenters. The van der Waals surface area contributed by atoms with Crippen molar-refractivity contribution in [1.82, 2.24) is 0 Å². The molecule has 5 heteroatoms. The summed E-state index contributed by atoms with van der Waals surface area (Å²) < 4.78 is 5.84. The molecule has 0 amide bonds.